The van der Waals surface area contributed by atoms with Gasteiger partial charge in [0.2, 0.25) is 0 Å². The zero-order valence-electron chi connectivity index (χ0n) is 11.3. The molecule has 1 aromatic heterocycles. The Bertz CT molecular complexity index is 505. The van der Waals surface area contributed by atoms with Crippen molar-refractivity contribution in [2.24, 2.45) is 0 Å². The predicted molar refractivity (Wildman–Crippen MR) is 70.2 cm³/mol. The van der Waals surface area contributed by atoms with Crippen molar-refractivity contribution >= 4 is 11.6 Å². The van der Waals surface area contributed by atoms with Crippen LogP contribution in [0.2, 0.25) is 0 Å². The van der Waals surface area contributed by atoms with Gasteiger partial charge in [-0.25, -0.2) is 0 Å². The van der Waals surface area contributed by atoms with E-state index in [1.807, 2.05) is 13.8 Å². The molecule has 7 nitrogen and oxygen atoms in total. The molecule has 0 aromatic carbocycles. The summed E-state index contributed by atoms with van der Waals surface area (Å²) >= 11 is 0. The lowest BCUT2D eigenvalue weighted by atomic mass is 10.1. The summed E-state index contributed by atoms with van der Waals surface area (Å²) in [5.74, 6) is -0.173. The molecule has 0 radical (unpaired) electrons. The van der Waals surface area contributed by atoms with Crippen LogP contribution in [-0.4, -0.2) is 46.5 Å². The van der Waals surface area contributed by atoms with Crippen molar-refractivity contribution in [1.82, 2.24) is 14.8 Å². The van der Waals surface area contributed by atoms with E-state index in [9.17, 15) is 14.9 Å². The fraction of sp³-hybridized carbons (Fsp3) is 0.583. The maximum atomic E-state index is 12.4. The summed E-state index contributed by atoms with van der Waals surface area (Å²) in [5.41, 5.74) is 0.327. The van der Waals surface area contributed by atoms with E-state index in [-0.39, 0.29) is 23.7 Å². The van der Waals surface area contributed by atoms with Crippen LogP contribution in [0.4, 0.5) is 5.69 Å². The summed E-state index contributed by atoms with van der Waals surface area (Å²) in [6.07, 6.45) is 1.42. The summed E-state index contributed by atoms with van der Waals surface area (Å²) in [7, 11) is 1.73. The molecular formula is C12H18N4O3. The van der Waals surface area contributed by atoms with Gasteiger partial charge in [-0.15, -0.1) is 0 Å². The van der Waals surface area contributed by atoms with Crippen molar-refractivity contribution < 1.29 is 9.72 Å². The van der Waals surface area contributed by atoms with Gasteiger partial charge in [0.25, 0.3) is 11.6 Å². The van der Waals surface area contributed by atoms with Gasteiger partial charge in [0, 0.05) is 32.2 Å². The van der Waals surface area contributed by atoms with Crippen LogP contribution in [0.25, 0.3) is 0 Å². The lowest BCUT2D eigenvalue weighted by molar-refractivity contribution is -0.384. The second-order valence-electron chi connectivity index (χ2n) is 5.07. The summed E-state index contributed by atoms with van der Waals surface area (Å²) in [4.78, 5) is 24.4. The maximum absolute atomic E-state index is 12.4. The van der Waals surface area contributed by atoms with E-state index in [0.29, 0.717) is 5.69 Å². The number of carbonyl (C=O) groups excluding carboxylic acids is 1. The molecule has 1 aliphatic rings. The van der Waals surface area contributed by atoms with Gasteiger partial charge in [0.1, 0.15) is 5.69 Å². The van der Waals surface area contributed by atoms with Gasteiger partial charge >= 0.3 is 0 Å². The number of hydrogen-bond donors (Lipinski definition) is 1. The first-order chi connectivity index (χ1) is 8.91. The summed E-state index contributed by atoms with van der Waals surface area (Å²) in [6.45, 7) is 5.33. The summed E-state index contributed by atoms with van der Waals surface area (Å²) < 4.78 is 1.66. The quantitative estimate of drug-likeness (QED) is 0.651. The number of aromatic nitrogens is 1. The molecule has 1 amide bonds. The molecular weight excluding hydrogens is 248 g/mol. The number of hydrogen-bond acceptors (Lipinski definition) is 4. The fourth-order valence-electron chi connectivity index (χ4n) is 2.06. The highest BCUT2D eigenvalue weighted by atomic mass is 16.6. The van der Waals surface area contributed by atoms with E-state index in [1.165, 1.54) is 12.3 Å². The Morgan fingerprint density at radius 2 is 2.21 bits per heavy atom. The second-order valence-corrected chi connectivity index (χ2v) is 5.07. The third-order valence-corrected chi connectivity index (χ3v) is 3.45. The van der Waals surface area contributed by atoms with Crippen molar-refractivity contribution in [2.45, 2.75) is 25.9 Å². The van der Waals surface area contributed by atoms with Crippen LogP contribution in [0, 0.1) is 10.1 Å². The van der Waals surface area contributed by atoms with Gasteiger partial charge in [-0.3, -0.25) is 14.9 Å². The maximum Gasteiger partial charge on any atom is 0.287 e. The number of nitro groups is 1. The second kappa shape index (κ2) is 5.00. The van der Waals surface area contributed by atoms with Crippen molar-refractivity contribution in [1.29, 1.82) is 0 Å². The minimum atomic E-state index is -0.472. The largest absolute Gasteiger partial charge is 0.335 e. The number of nitrogens with one attached hydrogen (secondary N) is 1. The zero-order valence-corrected chi connectivity index (χ0v) is 11.3. The Hall–Kier alpha value is -1.89. The molecule has 7 heteroatoms. The van der Waals surface area contributed by atoms with Crippen LogP contribution < -0.4 is 5.32 Å². The van der Waals surface area contributed by atoms with Crippen molar-refractivity contribution in [3.63, 3.8) is 0 Å². The number of rotatable bonds is 4. The SMILES string of the molecule is CC(C)n1cc([N+](=O)[O-])cc1C(=O)N(C)C1CNC1. The smallest absolute Gasteiger partial charge is 0.287 e. The van der Waals surface area contributed by atoms with E-state index in [1.54, 1.807) is 16.5 Å². The minimum Gasteiger partial charge on any atom is -0.335 e. The molecule has 19 heavy (non-hydrogen) atoms. The van der Waals surface area contributed by atoms with Crippen LogP contribution in [0.1, 0.15) is 30.4 Å². The van der Waals surface area contributed by atoms with Crippen LogP contribution >= 0.6 is 0 Å². The number of carbonyl (C=O) groups is 1. The highest BCUT2D eigenvalue weighted by Crippen LogP contribution is 2.22. The van der Waals surface area contributed by atoms with Crippen LogP contribution in [0.15, 0.2) is 12.3 Å². The third kappa shape index (κ3) is 2.46. The first-order valence-corrected chi connectivity index (χ1v) is 6.26. The normalized spacial score (nSPS) is 15.4. The molecule has 2 heterocycles. The average Bonchev–Trinajstić information content (AvgIpc) is 2.70. The third-order valence-electron chi connectivity index (χ3n) is 3.45. The topological polar surface area (TPSA) is 80.4 Å². The van der Waals surface area contributed by atoms with Crippen molar-refractivity contribution in [3.8, 4) is 0 Å². The average molecular weight is 266 g/mol. The van der Waals surface area contributed by atoms with E-state index >= 15 is 0 Å². The number of nitrogens with zero attached hydrogens (tertiary/aromatic N) is 3. The van der Waals surface area contributed by atoms with E-state index in [4.69, 9.17) is 0 Å². The molecule has 0 spiro atoms. The Balaban J connectivity index is 2.31. The minimum absolute atomic E-state index is 0.000524. The molecule has 1 N–H and O–H groups in total. The zero-order chi connectivity index (χ0) is 14.2. The number of likely N-dealkylation sites (N-methyl/N-ethyl adjacent to an activating group) is 1. The molecule has 0 aliphatic carbocycles. The molecule has 1 fully saturated rings. The molecule has 1 aliphatic heterocycles. The first-order valence-electron chi connectivity index (χ1n) is 6.26. The molecule has 1 aromatic rings. The van der Waals surface area contributed by atoms with Gasteiger partial charge in [-0.1, -0.05) is 0 Å². The lowest BCUT2D eigenvalue weighted by Gasteiger charge is -2.35. The Kier molecular flexibility index (Phi) is 3.57. The molecule has 0 saturated carbocycles. The van der Waals surface area contributed by atoms with E-state index in [0.717, 1.165) is 13.1 Å². The van der Waals surface area contributed by atoms with Crippen LogP contribution in [-0.2, 0) is 0 Å². The Morgan fingerprint density at radius 1 is 1.58 bits per heavy atom. The van der Waals surface area contributed by atoms with Crippen LogP contribution in [0.3, 0.4) is 0 Å². The van der Waals surface area contributed by atoms with Gasteiger partial charge < -0.3 is 14.8 Å². The van der Waals surface area contributed by atoms with Gasteiger partial charge in [-0.2, -0.15) is 0 Å². The monoisotopic (exact) mass is 266 g/mol. The lowest BCUT2D eigenvalue weighted by Crippen LogP contribution is -2.57. The molecule has 0 atom stereocenters. The van der Waals surface area contributed by atoms with E-state index in [2.05, 4.69) is 5.32 Å². The molecule has 2 rings (SSSR count). The Labute approximate surface area is 111 Å². The fourth-order valence-corrected chi connectivity index (χ4v) is 2.06. The highest BCUT2D eigenvalue weighted by molar-refractivity contribution is 5.93. The molecule has 104 valence electrons. The highest BCUT2D eigenvalue weighted by Gasteiger charge is 2.29. The standard InChI is InChI=1S/C12H18N4O3/c1-8(2)15-7-9(16(18)19)4-11(15)12(17)14(3)10-5-13-6-10/h4,7-8,10,13H,5-6H2,1-3H3. The predicted octanol–water partition coefficient (Wildman–Crippen LogP) is 1.02. The molecule has 0 unspecified atom stereocenters. The Morgan fingerprint density at radius 3 is 2.63 bits per heavy atom. The molecule has 0 bridgehead atoms. The number of amides is 1. The van der Waals surface area contributed by atoms with Gasteiger partial charge in [0.15, 0.2) is 0 Å². The van der Waals surface area contributed by atoms with Crippen LogP contribution in [0.5, 0.6) is 0 Å². The molecule has 1 saturated heterocycles. The van der Waals surface area contributed by atoms with Crippen molar-refractivity contribution in [2.75, 3.05) is 20.1 Å². The van der Waals surface area contributed by atoms with E-state index < -0.39 is 4.92 Å². The van der Waals surface area contributed by atoms with Gasteiger partial charge in [-0.05, 0) is 13.8 Å². The van der Waals surface area contributed by atoms with Crippen molar-refractivity contribution in [3.05, 3.63) is 28.1 Å². The summed E-state index contributed by atoms with van der Waals surface area (Å²) in [6, 6.07) is 1.52. The first kappa shape index (κ1) is 13.5. The van der Waals surface area contributed by atoms with Gasteiger partial charge in [0.05, 0.1) is 17.2 Å². The summed E-state index contributed by atoms with van der Waals surface area (Å²) in [5, 5.41) is 13.9.